The third-order valence-corrected chi connectivity index (χ3v) is 5.12. The van der Waals surface area contributed by atoms with Crippen molar-refractivity contribution in [2.24, 2.45) is 4.36 Å². The van der Waals surface area contributed by atoms with E-state index in [9.17, 15) is 18.9 Å². The predicted molar refractivity (Wildman–Crippen MR) is 90.4 cm³/mol. The Hall–Kier alpha value is -3.01. The Kier molecular flexibility index (Phi) is 5.26. The molecule has 0 spiro atoms. The number of benzene rings is 1. The molecule has 9 nitrogen and oxygen atoms in total. The molecule has 1 aromatic carbocycles. The summed E-state index contributed by atoms with van der Waals surface area (Å²) >= 11 is 0. The number of aromatic hydroxyl groups is 1. The van der Waals surface area contributed by atoms with Gasteiger partial charge in [0.15, 0.2) is 0 Å². The summed E-state index contributed by atoms with van der Waals surface area (Å²) in [5, 5.41) is 18.2. The summed E-state index contributed by atoms with van der Waals surface area (Å²) in [7, 11) is -3.56. The molecular formula is C16H17N3O6S. The average Bonchev–Trinajstić information content (AvgIpc) is 2.53. The van der Waals surface area contributed by atoms with E-state index >= 15 is 0 Å². The molecule has 0 saturated carbocycles. The highest BCUT2D eigenvalue weighted by Gasteiger charge is 2.23. The standard InChI is InChI=1S/C16H17N3O6S/c1-16(2,3)25-15(23)19-26(24,12-8-17-14(22)18-9-12)11-6-4-10(5-7-11)13(20)21/h4-9H,1-3H3,(H,20,21)(H,17,18,22). The molecule has 0 radical (unpaired) electrons. The van der Waals surface area contributed by atoms with Crippen molar-refractivity contribution in [1.82, 2.24) is 9.97 Å². The number of carboxylic acids is 1. The molecule has 0 aliphatic carbocycles. The first-order valence-corrected chi connectivity index (χ1v) is 8.87. The maximum Gasteiger partial charge on any atom is 0.442 e. The first kappa shape index (κ1) is 19.3. The number of ether oxygens (including phenoxy) is 1. The molecule has 1 aromatic heterocycles. The second-order valence-corrected chi connectivity index (χ2v) is 8.32. The van der Waals surface area contributed by atoms with Crippen LogP contribution in [0.25, 0.3) is 0 Å². The van der Waals surface area contributed by atoms with E-state index in [1.165, 1.54) is 24.3 Å². The molecule has 138 valence electrons. The topological polar surface area (TPSA) is 139 Å². The summed E-state index contributed by atoms with van der Waals surface area (Å²) in [6.45, 7) is 4.90. The SMILES string of the molecule is CC(C)(C)OC(=O)N=S(=O)(c1ccc(C(=O)O)cc1)c1cnc(O)nc1. The molecule has 0 saturated heterocycles. The molecule has 2 N–H and O–H groups in total. The number of hydrogen-bond acceptors (Lipinski definition) is 7. The fourth-order valence-electron chi connectivity index (χ4n) is 1.86. The van der Waals surface area contributed by atoms with Crippen LogP contribution in [0.3, 0.4) is 0 Å². The zero-order valence-corrected chi connectivity index (χ0v) is 15.1. The molecule has 1 atom stereocenters. The smallest absolute Gasteiger partial charge is 0.442 e. The van der Waals surface area contributed by atoms with Crippen molar-refractivity contribution in [3.8, 4) is 6.01 Å². The fraction of sp³-hybridized carbons (Fsp3) is 0.250. The number of amides is 1. The van der Waals surface area contributed by atoms with E-state index < -0.39 is 33.4 Å². The van der Waals surface area contributed by atoms with Crippen molar-refractivity contribution in [3.05, 3.63) is 42.2 Å². The van der Waals surface area contributed by atoms with Gasteiger partial charge >= 0.3 is 18.1 Å². The van der Waals surface area contributed by atoms with Gasteiger partial charge in [-0.15, -0.1) is 4.36 Å². The minimum absolute atomic E-state index is 0.0188. The molecule has 0 aliphatic rings. The lowest BCUT2D eigenvalue weighted by Crippen LogP contribution is -2.22. The molecule has 26 heavy (non-hydrogen) atoms. The first-order chi connectivity index (χ1) is 12.0. The molecule has 0 bridgehead atoms. The quantitative estimate of drug-likeness (QED) is 0.830. The normalized spacial score (nSPS) is 13.5. The van der Waals surface area contributed by atoms with Crippen molar-refractivity contribution in [2.45, 2.75) is 36.2 Å². The summed E-state index contributed by atoms with van der Waals surface area (Å²) in [5.74, 6) is -1.15. The van der Waals surface area contributed by atoms with Crippen LogP contribution < -0.4 is 0 Å². The van der Waals surface area contributed by atoms with Crippen LogP contribution in [0.4, 0.5) is 4.79 Å². The monoisotopic (exact) mass is 379 g/mol. The van der Waals surface area contributed by atoms with Gasteiger partial charge in [-0.25, -0.2) is 23.8 Å². The van der Waals surface area contributed by atoms with Crippen LogP contribution in [0.15, 0.2) is 50.8 Å². The third kappa shape index (κ3) is 4.54. The van der Waals surface area contributed by atoms with E-state index in [1.54, 1.807) is 20.8 Å². The van der Waals surface area contributed by atoms with Gasteiger partial charge in [0.2, 0.25) is 0 Å². The number of carbonyl (C=O) groups is 2. The molecule has 0 aliphatic heterocycles. The van der Waals surface area contributed by atoms with E-state index in [4.69, 9.17) is 9.84 Å². The summed E-state index contributed by atoms with van der Waals surface area (Å²) in [5.41, 5.74) is -0.866. The van der Waals surface area contributed by atoms with Gasteiger partial charge in [-0.05, 0) is 45.0 Å². The highest BCUT2D eigenvalue weighted by molar-refractivity contribution is 7.94. The molecular weight excluding hydrogens is 362 g/mol. The molecule has 2 aromatic rings. The van der Waals surface area contributed by atoms with Crippen molar-refractivity contribution >= 4 is 21.8 Å². The van der Waals surface area contributed by atoms with Crippen LogP contribution in [0, 0.1) is 0 Å². The number of carboxylic acid groups (broad SMARTS) is 1. The van der Waals surface area contributed by atoms with Gasteiger partial charge in [0.25, 0.3) is 0 Å². The minimum Gasteiger partial charge on any atom is -0.479 e. The Labute approximate surface area is 149 Å². The lowest BCUT2D eigenvalue weighted by Gasteiger charge is -2.18. The van der Waals surface area contributed by atoms with Crippen LogP contribution in [-0.2, 0) is 14.5 Å². The van der Waals surface area contributed by atoms with Gasteiger partial charge in [-0.2, -0.15) is 0 Å². The van der Waals surface area contributed by atoms with Crippen LogP contribution in [0.2, 0.25) is 0 Å². The zero-order valence-electron chi connectivity index (χ0n) is 14.2. The Balaban J connectivity index is 2.62. The summed E-state index contributed by atoms with van der Waals surface area (Å²) in [6.07, 6.45) is 1.09. The molecule has 2 rings (SSSR count). The van der Waals surface area contributed by atoms with Gasteiger partial charge in [0, 0.05) is 0 Å². The summed E-state index contributed by atoms with van der Waals surface area (Å²) in [4.78, 5) is 30.2. The summed E-state index contributed by atoms with van der Waals surface area (Å²) in [6, 6.07) is 4.51. The van der Waals surface area contributed by atoms with E-state index in [-0.39, 0.29) is 15.4 Å². The zero-order chi connectivity index (χ0) is 19.5. The Bertz CT molecular complexity index is 939. The van der Waals surface area contributed by atoms with E-state index in [0.717, 1.165) is 12.4 Å². The van der Waals surface area contributed by atoms with Crippen molar-refractivity contribution < 1.29 is 28.7 Å². The predicted octanol–water partition coefficient (Wildman–Crippen LogP) is 2.70. The number of rotatable bonds is 3. The van der Waals surface area contributed by atoms with E-state index in [0.29, 0.717) is 0 Å². The number of carbonyl (C=O) groups excluding carboxylic acids is 1. The van der Waals surface area contributed by atoms with Crippen LogP contribution in [0.5, 0.6) is 6.01 Å². The van der Waals surface area contributed by atoms with Gasteiger partial charge in [0.1, 0.15) is 15.3 Å². The van der Waals surface area contributed by atoms with Crippen LogP contribution in [0.1, 0.15) is 31.1 Å². The number of nitrogens with zero attached hydrogens (tertiary/aromatic N) is 3. The number of aromatic nitrogens is 2. The first-order valence-electron chi connectivity index (χ1n) is 7.36. The van der Waals surface area contributed by atoms with Crippen LogP contribution in [-0.4, -0.2) is 42.1 Å². The maximum absolute atomic E-state index is 13.5. The second kappa shape index (κ2) is 7.08. The van der Waals surface area contributed by atoms with Crippen molar-refractivity contribution in [3.63, 3.8) is 0 Å². The number of aromatic carboxylic acids is 1. The fourth-order valence-corrected chi connectivity index (χ4v) is 3.49. The van der Waals surface area contributed by atoms with E-state index in [2.05, 4.69) is 14.3 Å². The molecule has 1 heterocycles. The second-order valence-electron chi connectivity index (χ2n) is 6.15. The van der Waals surface area contributed by atoms with Crippen molar-refractivity contribution in [1.29, 1.82) is 0 Å². The third-order valence-electron chi connectivity index (χ3n) is 2.95. The van der Waals surface area contributed by atoms with Gasteiger partial charge in [-0.1, -0.05) is 0 Å². The maximum atomic E-state index is 13.5. The van der Waals surface area contributed by atoms with Gasteiger partial charge in [0.05, 0.1) is 27.7 Å². The lowest BCUT2D eigenvalue weighted by atomic mass is 10.2. The van der Waals surface area contributed by atoms with Gasteiger partial charge in [-0.3, -0.25) is 0 Å². The Morgan fingerprint density at radius 2 is 1.62 bits per heavy atom. The van der Waals surface area contributed by atoms with Gasteiger partial charge < -0.3 is 14.9 Å². The minimum atomic E-state index is -3.56. The lowest BCUT2D eigenvalue weighted by molar-refractivity contribution is 0.0606. The Morgan fingerprint density at radius 1 is 1.08 bits per heavy atom. The van der Waals surface area contributed by atoms with Crippen LogP contribution >= 0.6 is 0 Å². The number of hydrogen-bond donors (Lipinski definition) is 2. The highest BCUT2D eigenvalue weighted by Crippen LogP contribution is 2.25. The molecule has 0 fully saturated rings. The van der Waals surface area contributed by atoms with E-state index in [1.807, 2.05) is 0 Å². The molecule has 1 unspecified atom stereocenters. The molecule has 10 heteroatoms. The largest absolute Gasteiger partial charge is 0.479 e. The Morgan fingerprint density at radius 3 is 2.08 bits per heavy atom. The van der Waals surface area contributed by atoms with Crippen molar-refractivity contribution in [2.75, 3.05) is 0 Å². The molecule has 1 amide bonds. The highest BCUT2D eigenvalue weighted by atomic mass is 32.2. The average molecular weight is 379 g/mol. The summed E-state index contributed by atoms with van der Waals surface area (Å²) < 4.78 is 22.3.